The van der Waals surface area contributed by atoms with Crippen molar-refractivity contribution in [1.29, 1.82) is 5.26 Å². The first kappa shape index (κ1) is 10.2. The minimum Gasteiger partial charge on any atom is -0.399 e. The summed E-state index contributed by atoms with van der Waals surface area (Å²) < 4.78 is 13.0. The van der Waals surface area contributed by atoms with E-state index in [4.69, 9.17) is 11.0 Å². The Bertz CT molecular complexity index is 570. The smallest absolute Gasteiger partial charge is 0.123 e. The highest BCUT2D eigenvalue weighted by Gasteiger charge is 2.02. The molecule has 2 N–H and O–H groups in total. The Labute approximate surface area is 92.8 Å². The number of anilines is 1. The molecule has 3 heteroatoms. The highest BCUT2D eigenvalue weighted by atomic mass is 19.1. The van der Waals surface area contributed by atoms with Crippen molar-refractivity contribution in [3.63, 3.8) is 0 Å². The van der Waals surface area contributed by atoms with Crippen molar-refractivity contribution < 1.29 is 4.39 Å². The summed E-state index contributed by atoms with van der Waals surface area (Å²) in [5, 5.41) is 8.81. The van der Waals surface area contributed by atoms with Crippen LogP contribution in [-0.2, 0) is 0 Å². The fourth-order valence-corrected chi connectivity index (χ4v) is 1.55. The second kappa shape index (κ2) is 4.03. The van der Waals surface area contributed by atoms with E-state index in [2.05, 4.69) is 0 Å². The zero-order valence-electron chi connectivity index (χ0n) is 8.44. The number of nitrogen functional groups attached to an aromatic ring is 1. The van der Waals surface area contributed by atoms with Crippen molar-refractivity contribution >= 4 is 5.69 Å². The Kier molecular flexibility index (Phi) is 2.57. The number of rotatable bonds is 1. The van der Waals surface area contributed by atoms with Crippen molar-refractivity contribution in [2.24, 2.45) is 0 Å². The lowest BCUT2D eigenvalue weighted by molar-refractivity contribution is 0.628. The third-order valence-electron chi connectivity index (χ3n) is 2.24. The van der Waals surface area contributed by atoms with Gasteiger partial charge in [0.15, 0.2) is 0 Å². The van der Waals surface area contributed by atoms with Crippen LogP contribution < -0.4 is 5.73 Å². The van der Waals surface area contributed by atoms with Gasteiger partial charge in [0.25, 0.3) is 0 Å². The maximum atomic E-state index is 13.0. The van der Waals surface area contributed by atoms with Gasteiger partial charge in [-0.1, -0.05) is 12.1 Å². The molecule has 0 amide bonds. The number of benzene rings is 2. The van der Waals surface area contributed by atoms with Gasteiger partial charge in [-0.3, -0.25) is 0 Å². The summed E-state index contributed by atoms with van der Waals surface area (Å²) in [6.45, 7) is 0. The molecule has 2 aromatic rings. The van der Waals surface area contributed by atoms with Crippen LogP contribution in [0.5, 0.6) is 0 Å². The van der Waals surface area contributed by atoms with E-state index in [0.717, 1.165) is 5.56 Å². The molecule has 16 heavy (non-hydrogen) atoms. The summed E-state index contributed by atoms with van der Waals surface area (Å²) in [6, 6.07) is 13.2. The van der Waals surface area contributed by atoms with Crippen molar-refractivity contribution in [2.75, 3.05) is 5.73 Å². The van der Waals surface area contributed by atoms with E-state index < -0.39 is 0 Å². The van der Waals surface area contributed by atoms with Crippen LogP contribution in [0.4, 0.5) is 10.1 Å². The Morgan fingerprint density at radius 1 is 1.06 bits per heavy atom. The number of nitrogens with zero attached hydrogens (tertiary/aromatic N) is 1. The van der Waals surface area contributed by atoms with Crippen molar-refractivity contribution in [2.45, 2.75) is 0 Å². The van der Waals surface area contributed by atoms with Crippen LogP contribution in [0.2, 0.25) is 0 Å². The van der Waals surface area contributed by atoms with E-state index in [1.54, 1.807) is 30.3 Å². The molecule has 2 rings (SSSR count). The molecule has 0 aliphatic rings. The number of halogens is 1. The van der Waals surface area contributed by atoms with Gasteiger partial charge in [-0.2, -0.15) is 5.26 Å². The van der Waals surface area contributed by atoms with Gasteiger partial charge in [0.1, 0.15) is 5.82 Å². The normalized spacial score (nSPS) is 9.75. The topological polar surface area (TPSA) is 49.8 Å². The second-order valence-corrected chi connectivity index (χ2v) is 3.47. The van der Waals surface area contributed by atoms with E-state index in [0.29, 0.717) is 16.8 Å². The molecule has 0 fully saturated rings. The summed E-state index contributed by atoms with van der Waals surface area (Å²) in [6.07, 6.45) is 0. The molecule has 2 nitrogen and oxygen atoms in total. The van der Waals surface area contributed by atoms with Gasteiger partial charge >= 0.3 is 0 Å². The molecular formula is C13H9FN2. The molecular weight excluding hydrogens is 203 g/mol. The first-order chi connectivity index (χ1) is 7.69. The standard InChI is InChI=1S/C13H9FN2/c14-12-3-1-2-10(6-12)11-4-9(8-15)5-13(16)7-11/h1-7H,16H2. The minimum absolute atomic E-state index is 0.307. The average molecular weight is 212 g/mol. The number of nitrogens with two attached hydrogens (primary N) is 1. The predicted octanol–water partition coefficient (Wildman–Crippen LogP) is 2.95. The molecule has 0 aliphatic heterocycles. The van der Waals surface area contributed by atoms with E-state index in [1.165, 1.54) is 12.1 Å². The fraction of sp³-hybridized carbons (Fsp3) is 0. The Balaban J connectivity index is 2.56. The van der Waals surface area contributed by atoms with Crippen LogP contribution in [0.1, 0.15) is 5.56 Å². The van der Waals surface area contributed by atoms with Crippen LogP contribution in [0, 0.1) is 17.1 Å². The summed E-state index contributed by atoms with van der Waals surface area (Å²) in [4.78, 5) is 0. The molecule has 78 valence electrons. The van der Waals surface area contributed by atoms with Gasteiger partial charge in [0.05, 0.1) is 11.6 Å². The lowest BCUT2D eigenvalue weighted by Crippen LogP contribution is -1.88. The third kappa shape index (κ3) is 2.01. The van der Waals surface area contributed by atoms with Crippen molar-refractivity contribution in [3.05, 3.63) is 53.8 Å². The highest BCUT2D eigenvalue weighted by Crippen LogP contribution is 2.23. The van der Waals surface area contributed by atoms with Crippen LogP contribution in [0.25, 0.3) is 11.1 Å². The van der Waals surface area contributed by atoms with E-state index in [-0.39, 0.29) is 5.82 Å². The second-order valence-electron chi connectivity index (χ2n) is 3.47. The van der Waals surface area contributed by atoms with Gasteiger partial charge in [-0.05, 0) is 41.5 Å². The van der Waals surface area contributed by atoms with Crippen LogP contribution >= 0.6 is 0 Å². The molecule has 0 radical (unpaired) electrons. The largest absolute Gasteiger partial charge is 0.399 e. The molecule has 0 unspecified atom stereocenters. The van der Waals surface area contributed by atoms with Crippen LogP contribution in [0.3, 0.4) is 0 Å². The summed E-state index contributed by atoms with van der Waals surface area (Å²) >= 11 is 0. The molecule has 2 aromatic carbocycles. The minimum atomic E-state index is -0.307. The zero-order valence-corrected chi connectivity index (χ0v) is 8.44. The molecule has 0 bridgehead atoms. The van der Waals surface area contributed by atoms with Crippen LogP contribution in [0.15, 0.2) is 42.5 Å². The lowest BCUT2D eigenvalue weighted by Gasteiger charge is -2.04. The maximum Gasteiger partial charge on any atom is 0.123 e. The maximum absolute atomic E-state index is 13.0. The van der Waals surface area contributed by atoms with Crippen LogP contribution in [-0.4, -0.2) is 0 Å². The number of hydrogen-bond acceptors (Lipinski definition) is 2. The highest BCUT2D eigenvalue weighted by molar-refractivity contribution is 5.69. The van der Waals surface area contributed by atoms with E-state index in [9.17, 15) is 4.39 Å². The predicted molar refractivity (Wildman–Crippen MR) is 61.0 cm³/mol. The molecule has 0 saturated carbocycles. The van der Waals surface area contributed by atoms with Gasteiger partial charge in [-0.15, -0.1) is 0 Å². The number of nitriles is 1. The molecule has 0 spiro atoms. The summed E-state index contributed by atoms with van der Waals surface area (Å²) in [5.41, 5.74) is 8.09. The molecule has 0 atom stereocenters. The van der Waals surface area contributed by atoms with Crippen molar-refractivity contribution in [1.82, 2.24) is 0 Å². The van der Waals surface area contributed by atoms with E-state index >= 15 is 0 Å². The molecule has 0 aliphatic carbocycles. The number of hydrogen-bond donors (Lipinski definition) is 1. The Morgan fingerprint density at radius 2 is 1.88 bits per heavy atom. The Morgan fingerprint density at radius 3 is 2.56 bits per heavy atom. The first-order valence-corrected chi connectivity index (χ1v) is 4.75. The summed E-state index contributed by atoms with van der Waals surface area (Å²) in [5.74, 6) is -0.307. The molecule has 0 heterocycles. The lowest BCUT2D eigenvalue weighted by atomic mass is 10.0. The average Bonchev–Trinajstić information content (AvgIpc) is 2.28. The van der Waals surface area contributed by atoms with Crippen molar-refractivity contribution in [3.8, 4) is 17.2 Å². The first-order valence-electron chi connectivity index (χ1n) is 4.75. The van der Waals surface area contributed by atoms with E-state index in [1.807, 2.05) is 6.07 Å². The fourth-order valence-electron chi connectivity index (χ4n) is 1.55. The Hall–Kier alpha value is -2.34. The van der Waals surface area contributed by atoms with Gasteiger partial charge in [-0.25, -0.2) is 4.39 Å². The van der Waals surface area contributed by atoms with Gasteiger partial charge in [0.2, 0.25) is 0 Å². The SMILES string of the molecule is N#Cc1cc(N)cc(-c2cccc(F)c2)c1. The van der Waals surface area contributed by atoms with Gasteiger partial charge < -0.3 is 5.73 Å². The third-order valence-corrected chi connectivity index (χ3v) is 2.24. The monoisotopic (exact) mass is 212 g/mol. The summed E-state index contributed by atoms with van der Waals surface area (Å²) in [7, 11) is 0. The van der Waals surface area contributed by atoms with Gasteiger partial charge in [0, 0.05) is 5.69 Å². The zero-order chi connectivity index (χ0) is 11.5. The molecule has 0 aromatic heterocycles. The molecule has 0 saturated heterocycles. The quantitative estimate of drug-likeness (QED) is 0.739.